The number of likely N-dealkylation sites (tertiary alicyclic amines) is 1. The van der Waals surface area contributed by atoms with E-state index in [0.717, 1.165) is 44.7 Å². The molecule has 0 aromatic carbocycles. The van der Waals surface area contributed by atoms with Crippen molar-refractivity contribution in [2.45, 2.75) is 57.0 Å². The first kappa shape index (κ1) is 13.8. The molecule has 0 radical (unpaired) electrons. The maximum absolute atomic E-state index is 11.5. The Labute approximate surface area is 110 Å². The highest BCUT2D eigenvalue weighted by atomic mass is 16.4. The summed E-state index contributed by atoms with van der Waals surface area (Å²) in [7, 11) is 1.79. The van der Waals surface area contributed by atoms with Gasteiger partial charge >= 0.3 is 5.97 Å². The van der Waals surface area contributed by atoms with Gasteiger partial charge in [0, 0.05) is 6.04 Å². The van der Waals surface area contributed by atoms with Crippen LogP contribution in [0.15, 0.2) is 0 Å². The largest absolute Gasteiger partial charge is 0.480 e. The van der Waals surface area contributed by atoms with Crippen LogP contribution in [0.3, 0.4) is 0 Å². The average molecular weight is 254 g/mol. The van der Waals surface area contributed by atoms with Crippen LogP contribution >= 0.6 is 0 Å². The van der Waals surface area contributed by atoms with Crippen molar-refractivity contribution in [3.8, 4) is 0 Å². The number of carbonyl (C=O) groups is 1. The van der Waals surface area contributed by atoms with Gasteiger partial charge in [-0.3, -0.25) is 4.79 Å². The molecule has 1 saturated carbocycles. The standard InChI is InChI=1S/C14H26N2O2/c1-11-5-8-16(9-6-11)12-4-3-7-14(10-12,15-2)13(17)18/h11-12,15H,3-10H2,1-2H3,(H,17,18). The summed E-state index contributed by atoms with van der Waals surface area (Å²) in [6.07, 6.45) is 6.22. The van der Waals surface area contributed by atoms with E-state index in [9.17, 15) is 9.90 Å². The van der Waals surface area contributed by atoms with E-state index < -0.39 is 11.5 Å². The number of rotatable bonds is 3. The third-order valence-corrected chi connectivity index (χ3v) is 4.95. The van der Waals surface area contributed by atoms with Crippen molar-refractivity contribution in [2.24, 2.45) is 5.92 Å². The number of hydrogen-bond donors (Lipinski definition) is 2. The maximum atomic E-state index is 11.5. The van der Waals surface area contributed by atoms with Gasteiger partial charge in [0.05, 0.1) is 0 Å². The van der Waals surface area contributed by atoms with Gasteiger partial charge in [0.15, 0.2) is 0 Å². The Morgan fingerprint density at radius 2 is 2.00 bits per heavy atom. The minimum Gasteiger partial charge on any atom is -0.480 e. The van der Waals surface area contributed by atoms with Gasteiger partial charge < -0.3 is 15.3 Å². The summed E-state index contributed by atoms with van der Waals surface area (Å²) in [5, 5.41) is 12.5. The zero-order valence-corrected chi connectivity index (χ0v) is 11.6. The van der Waals surface area contributed by atoms with Crippen LogP contribution in [0, 0.1) is 5.92 Å². The molecule has 1 saturated heterocycles. The lowest BCUT2D eigenvalue weighted by Gasteiger charge is -2.44. The number of nitrogens with zero attached hydrogens (tertiary/aromatic N) is 1. The molecule has 4 nitrogen and oxygen atoms in total. The summed E-state index contributed by atoms with van der Waals surface area (Å²) >= 11 is 0. The van der Waals surface area contributed by atoms with E-state index in [4.69, 9.17) is 0 Å². The van der Waals surface area contributed by atoms with E-state index in [-0.39, 0.29) is 0 Å². The lowest BCUT2D eigenvalue weighted by atomic mass is 9.78. The van der Waals surface area contributed by atoms with Crippen molar-refractivity contribution in [1.82, 2.24) is 10.2 Å². The quantitative estimate of drug-likeness (QED) is 0.805. The summed E-state index contributed by atoms with van der Waals surface area (Å²) < 4.78 is 0. The van der Waals surface area contributed by atoms with E-state index in [1.165, 1.54) is 12.8 Å². The second-order valence-corrected chi connectivity index (χ2v) is 6.11. The van der Waals surface area contributed by atoms with Crippen molar-refractivity contribution in [3.63, 3.8) is 0 Å². The number of hydrogen-bond acceptors (Lipinski definition) is 3. The van der Waals surface area contributed by atoms with Gasteiger partial charge in [-0.2, -0.15) is 0 Å². The van der Waals surface area contributed by atoms with Crippen molar-refractivity contribution in [1.29, 1.82) is 0 Å². The minimum absolute atomic E-state index is 0.454. The SMILES string of the molecule is CNC1(C(=O)O)CCCC(N2CCC(C)CC2)C1. The number of nitrogens with one attached hydrogen (secondary N) is 1. The Kier molecular flexibility index (Phi) is 4.28. The third kappa shape index (κ3) is 2.69. The number of carboxylic acids is 1. The van der Waals surface area contributed by atoms with Crippen LogP contribution in [0.1, 0.15) is 45.4 Å². The average Bonchev–Trinajstić information content (AvgIpc) is 2.39. The molecule has 0 aromatic heterocycles. The molecule has 2 unspecified atom stereocenters. The molecule has 0 spiro atoms. The van der Waals surface area contributed by atoms with E-state index >= 15 is 0 Å². The first-order chi connectivity index (χ1) is 8.57. The molecular weight excluding hydrogens is 228 g/mol. The predicted molar refractivity (Wildman–Crippen MR) is 71.7 cm³/mol. The molecule has 1 aliphatic heterocycles. The summed E-state index contributed by atoms with van der Waals surface area (Å²) in [4.78, 5) is 14.0. The second-order valence-electron chi connectivity index (χ2n) is 6.11. The van der Waals surface area contributed by atoms with Crippen LogP contribution in [0.5, 0.6) is 0 Å². The Hall–Kier alpha value is -0.610. The molecule has 2 atom stereocenters. The summed E-state index contributed by atoms with van der Waals surface area (Å²) in [5.41, 5.74) is -0.689. The molecule has 18 heavy (non-hydrogen) atoms. The molecule has 2 fully saturated rings. The van der Waals surface area contributed by atoms with E-state index in [1.54, 1.807) is 7.05 Å². The topological polar surface area (TPSA) is 52.6 Å². The Morgan fingerprint density at radius 1 is 1.33 bits per heavy atom. The lowest BCUT2D eigenvalue weighted by molar-refractivity contribution is -0.147. The number of aliphatic carboxylic acids is 1. The molecule has 4 heteroatoms. The predicted octanol–water partition coefficient (Wildman–Crippen LogP) is 1.70. The number of likely N-dealkylation sites (N-methyl/N-ethyl adjacent to an activating group) is 1. The van der Waals surface area contributed by atoms with E-state index in [1.807, 2.05) is 0 Å². The highest BCUT2D eigenvalue weighted by molar-refractivity contribution is 5.79. The highest BCUT2D eigenvalue weighted by Crippen LogP contribution is 2.33. The molecule has 0 aromatic rings. The van der Waals surface area contributed by atoms with Crippen LogP contribution in [-0.2, 0) is 4.79 Å². The number of carboxylic acid groups (broad SMARTS) is 1. The molecule has 104 valence electrons. The van der Waals surface area contributed by atoms with Crippen molar-refractivity contribution < 1.29 is 9.90 Å². The smallest absolute Gasteiger partial charge is 0.323 e. The summed E-state index contributed by atoms with van der Waals surface area (Å²) in [6, 6.07) is 0.454. The van der Waals surface area contributed by atoms with Crippen molar-refractivity contribution in [3.05, 3.63) is 0 Å². The Bertz CT molecular complexity index is 300. The van der Waals surface area contributed by atoms with E-state index in [2.05, 4.69) is 17.1 Å². The van der Waals surface area contributed by atoms with Crippen molar-refractivity contribution >= 4 is 5.97 Å². The molecule has 1 heterocycles. The minimum atomic E-state index is -0.689. The van der Waals surface area contributed by atoms with Gasteiger partial charge in [-0.05, 0) is 64.6 Å². The van der Waals surface area contributed by atoms with Crippen LogP contribution < -0.4 is 5.32 Å². The fourth-order valence-corrected chi connectivity index (χ4v) is 3.48. The van der Waals surface area contributed by atoms with Crippen LogP contribution in [0.2, 0.25) is 0 Å². The van der Waals surface area contributed by atoms with Gasteiger partial charge in [0.1, 0.15) is 5.54 Å². The molecule has 2 aliphatic rings. The zero-order chi connectivity index (χ0) is 13.2. The van der Waals surface area contributed by atoms with Gasteiger partial charge in [0.2, 0.25) is 0 Å². The molecule has 2 N–H and O–H groups in total. The zero-order valence-electron chi connectivity index (χ0n) is 11.6. The maximum Gasteiger partial charge on any atom is 0.323 e. The van der Waals surface area contributed by atoms with Crippen LogP contribution in [-0.4, -0.2) is 47.7 Å². The Morgan fingerprint density at radius 3 is 2.56 bits per heavy atom. The third-order valence-electron chi connectivity index (χ3n) is 4.95. The summed E-state index contributed by atoms with van der Waals surface area (Å²) in [5.74, 6) is 0.151. The molecular formula is C14H26N2O2. The number of piperidine rings is 1. The van der Waals surface area contributed by atoms with Gasteiger partial charge in [-0.1, -0.05) is 6.92 Å². The monoisotopic (exact) mass is 254 g/mol. The summed E-state index contributed by atoms with van der Waals surface area (Å²) in [6.45, 7) is 4.60. The normalized spacial score (nSPS) is 35.6. The second kappa shape index (κ2) is 5.57. The lowest BCUT2D eigenvalue weighted by Crippen LogP contribution is -2.57. The van der Waals surface area contributed by atoms with Crippen LogP contribution in [0.25, 0.3) is 0 Å². The molecule has 2 rings (SSSR count). The van der Waals surface area contributed by atoms with Gasteiger partial charge in [0.25, 0.3) is 0 Å². The molecule has 0 bridgehead atoms. The molecule has 0 amide bonds. The molecule has 1 aliphatic carbocycles. The fourth-order valence-electron chi connectivity index (χ4n) is 3.48. The fraction of sp³-hybridized carbons (Fsp3) is 0.929. The van der Waals surface area contributed by atoms with E-state index in [0.29, 0.717) is 6.04 Å². The first-order valence-electron chi connectivity index (χ1n) is 7.24. The van der Waals surface area contributed by atoms with Gasteiger partial charge in [-0.15, -0.1) is 0 Å². The van der Waals surface area contributed by atoms with Gasteiger partial charge in [-0.25, -0.2) is 0 Å². The van der Waals surface area contributed by atoms with Crippen molar-refractivity contribution in [2.75, 3.05) is 20.1 Å². The highest BCUT2D eigenvalue weighted by Gasteiger charge is 2.43. The van der Waals surface area contributed by atoms with Crippen LogP contribution in [0.4, 0.5) is 0 Å². The first-order valence-corrected chi connectivity index (χ1v) is 7.24. The Balaban J connectivity index is 2.00.